The number of aromatic nitrogens is 1. The van der Waals surface area contributed by atoms with Crippen molar-refractivity contribution in [2.75, 3.05) is 27.2 Å². The van der Waals surface area contributed by atoms with Crippen molar-refractivity contribution in [1.82, 2.24) is 15.2 Å². The summed E-state index contributed by atoms with van der Waals surface area (Å²) in [6.07, 6.45) is 1.66. The lowest BCUT2D eigenvalue weighted by Gasteiger charge is -2.52. The molecular formula is C24H29N3O2. The molecule has 152 valence electrons. The average Bonchev–Trinajstić information content (AvgIpc) is 3.00. The van der Waals surface area contributed by atoms with Crippen molar-refractivity contribution in [2.45, 2.75) is 30.9 Å². The van der Waals surface area contributed by atoms with Gasteiger partial charge in [-0.05, 0) is 60.3 Å². The van der Waals surface area contributed by atoms with Crippen LogP contribution < -0.4 is 15.4 Å². The monoisotopic (exact) mass is 391 g/mol. The van der Waals surface area contributed by atoms with Crippen molar-refractivity contribution in [1.29, 1.82) is 0 Å². The van der Waals surface area contributed by atoms with Crippen LogP contribution in [0.3, 0.4) is 0 Å². The second-order valence-electron chi connectivity index (χ2n) is 8.32. The van der Waals surface area contributed by atoms with E-state index >= 15 is 0 Å². The minimum absolute atomic E-state index is 0.0364. The van der Waals surface area contributed by atoms with Gasteiger partial charge in [-0.25, -0.2) is 0 Å². The molecule has 0 amide bonds. The van der Waals surface area contributed by atoms with Gasteiger partial charge in [0.05, 0.1) is 7.11 Å². The fourth-order valence-electron chi connectivity index (χ4n) is 5.53. The van der Waals surface area contributed by atoms with Crippen molar-refractivity contribution in [2.24, 2.45) is 7.05 Å². The largest absolute Gasteiger partial charge is 0.497 e. The summed E-state index contributed by atoms with van der Waals surface area (Å²) in [5.41, 5.74) is 6.69. The van der Waals surface area contributed by atoms with Gasteiger partial charge < -0.3 is 25.0 Å². The molecule has 1 heterocycles. The zero-order chi connectivity index (χ0) is 20.2. The van der Waals surface area contributed by atoms with Crippen LogP contribution in [0.2, 0.25) is 0 Å². The number of benzene rings is 2. The van der Waals surface area contributed by atoms with Gasteiger partial charge in [-0.2, -0.15) is 0 Å². The van der Waals surface area contributed by atoms with Gasteiger partial charge >= 0.3 is 0 Å². The number of aryl methyl sites for hydroxylation is 1. The molecule has 2 aromatic carbocycles. The average molecular weight is 392 g/mol. The molecule has 0 radical (unpaired) electrons. The Hall–Kier alpha value is -2.34. The normalized spacial score (nSPS) is 22.0. The van der Waals surface area contributed by atoms with Crippen molar-refractivity contribution in [3.05, 3.63) is 64.3 Å². The molecule has 3 N–H and O–H groups in total. The number of aliphatic hydroxyl groups is 1. The highest BCUT2D eigenvalue weighted by atomic mass is 16.5. The third kappa shape index (κ3) is 2.58. The van der Waals surface area contributed by atoms with E-state index < -0.39 is 5.60 Å². The van der Waals surface area contributed by atoms with Gasteiger partial charge in [0.25, 0.3) is 0 Å². The highest BCUT2D eigenvalue weighted by Crippen LogP contribution is 2.61. The van der Waals surface area contributed by atoms with Gasteiger partial charge in [0.15, 0.2) is 0 Å². The summed E-state index contributed by atoms with van der Waals surface area (Å²) in [4.78, 5) is 0. The van der Waals surface area contributed by atoms with Crippen LogP contribution in [-0.2, 0) is 25.6 Å². The van der Waals surface area contributed by atoms with E-state index in [4.69, 9.17) is 4.74 Å². The molecule has 1 aromatic heterocycles. The van der Waals surface area contributed by atoms with E-state index in [9.17, 15) is 5.11 Å². The molecule has 5 nitrogen and oxygen atoms in total. The number of ether oxygens (including phenoxy) is 1. The summed E-state index contributed by atoms with van der Waals surface area (Å²) < 4.78 is 7.79. The number of likely N-dealkylation sites (N-methyl/N-ethyl adjacent to an activating group) is 1. The smallest absolute Gasteiger partial charge is 0.119 e. The summed E-state index contributed by atoms with van der Waals surface area (Å²) in [7, 11) is 5.81. The van der Waals surface area contributed by atoms with E-state index in [1.807, 2.05) is 13.1 Å². The zero-order valence-corrected chi connectivity index (χ0v) is 17.4. The maximum Gasteiger partial charge on any atom is 0.119 e. The van der Waals surface area contributed by atoms with Gasteiger partial charge in [-0.3, -0.25) is 0 Å². The van der Waals surface area contributed by atoms with Gasteiger partial charge in [0, 0.05) is 49.2 Å². The van der Waals surface area contributed by atoms with E-state index in [1.54, 1.807) is 7.11 Å². The molecule has 2 atom stereocenters. The summed E-state index contributed by atoms with van der Waals surface area (Å²) in [5.74, 6) is 0.899. The van der Waals surface area contributed by atoms with Gasteiger partial charge in [-0.1, -0.05) is 18.2 Å². The van der Waals surface area contributed by atoms with Crippen LogP contribution in [0.4, 0.5) is 0 Å². The first-order valence-corrected chi connectivity index (χ1v) is 10.4. The second-order valence-corrected chi connectivity index (χ2v) is 8.32. The first-order valence-electron chi connectivity index (χ1n) is 10.4. The molecule has 0 bridgehead atoms. The number of methoxy groups -OCH3 is 1. The van der Waals surface area contributed by atoms with Crippen LogP contribution in [0, 0.1) is 0 Å². The summed E-state index contributed by atoms with van der Waals surface area (Å²) in [6.45, 7) is 2.63. The predicted octanol–water partition coefficient (Wildman–Crippen LogP) is 2.78. The number of nitrogens with one attached hydrogen (secondary N) is 2. The molecule has 0 spiro atoms. The minimum atomic E-state index is -0.777. The predicted molar refractivity (Wildman–Crippen MR) is 116 cm³/mol. The summed E-state index contributed by atoms with van der Waals surface area (Å²) >= 11 is 0. The molecular weight excluding hydrogens is 362 g/mol. The highest BCUT2D eigenvalue weighted by molar-refractivity contribution is 5.89. The fourth-order valence-corrected chi connectivity index (χ4v) is 5.53. The minimum Gasteiger partial charge on any atom is -0.497 e. The zero-order valence-electron chi connectivity index (χ0n) is 17.4. The molecule has 3 aromatic rings. The number of rotatable bonds is 6. The van der Waals surface area contributed by atoms with Gasteiger partial charge in [-0.15, -0.1) is 0 Å². The molecule has 5 heteroatoms. The standard InChI is InChI=1S/C24H29N3O2/c1-25-11-12-26-14-15-5-4-6-17-22(15)24(28)10-9-20-21(23(17)24)18-13-16(29-3)7-8-19(18)27(20)2/h4-8,13,23,25-26,28H,9-12,14H2,1-3H3. The molecule has 0 saturated heterocycles. The van der Waals surface area contributed by atoms with Crippen LogP contribution in [-0.4, -0.2) is 36.9 Å². The number of hydrogen-bond donors (Lipinski definition) is 3. The van der Waals surface area contributed by atoms with Crippen molar-refractivity contribution < 1.29 is 9.84 Å². The first kappa shape index (κ1) is 18.7. The van der Waals surface area contributed by atoms with Crippen LogP contribution in [0.15, 0.2) is 36.4 Å². The Morgan fingerprint density at radius 1 is 1.24 bits per heavy atom. The molecule has 0 aliphatic heterocycles. The lowest BCUT2D eigenvalue weighted by atomic mass is 9.55. The number of fused-ring (bicyclic) bond motifs is 8. The van der Waals surface area contributed by atoms with E-state index in [-0.39, 0.29) is 5.92 Å². The van der Waals surface area contributed by atoms with Crippen LogP contribution in [0.1, 0.15) is 40.3 Å². The number of nitrogens with zero attached hydrogens (tertiary/aromatic N) is 1. The molecule has 0 fully saturated rings. The first-order chi connectivity index (χ1) is 14.1. The molecule has 2 aliphatic rings. The van der Waals surface area contributed by atoms with E-state index in [0.29, 0.717) is 0 Å². The maximum atomic E-state index is 11.8. The van der Waals surface area contributed by atoms with Crippen molar-refractivity contribution in [3.63, 3.8) is 0 Å². The van der Waals surface area contributed by atoms with Crippen molar-refractivity contribution >= 4 is 10.9 Å². The Bertz CT molecular complexity index is 1090. The Kier molecular flexibility index (Phi) is 4.42. The van der Waals surface area contributed by atoms with E-state index in [0.717, 1.165) is 43.8 Å². The highest BCUT2D eigenvalue weighted by Gasteiger charge is 2.55. The Labute approximate surface area is 171 Å². The molecule has 5 rings (SSSR count). The van der Waals surface area contributed by atoms with Crippen molar-refractivity contribution in [3.8, 4) is 5.75 Å². The number of hydrogen-bond acceptors (Lipinski definition) is 4. The quantitative estimate of drug-likeness (QED) is 0.566. The Balaban J connectivity index is 1.61. The second kappa shape index (κ2) is 6.87. The lowest BCUT2D eigenvalue weighted by molar-refractivity contribution is -0.0227. The Morgan fingerprint density at radius 2 is 2.10 bits per heavy atom. The molecule has 2 aliphatic carbocycles. The lowest BCUT2D eigenvalue weighted by Crippen LogP contribution is -2.48. The van der Waals surface area contributed by atoms with Crippen LogP contribution >= 0.6 is 0 Å². The topological polar surface area (TPSA) is 58.4 Å². The fraction of sp³-hybridized carbons (Fsp3) is 0.417. The molecule has 29 heavy (non-hydrogen) atoms. The van der Waals surface area contributed by atoms with Gasteiger partial charge in [0.2, 0.25) is 0 Å². The van der Waals surface area contributed by atoms with Gasteiger partial charge in [0.1, 0.15) is 11.4 Å². The van der Waals surface area contributed by atoms with E-state index in [1.165, 1.54) is 33.3 Å². The van der Waals surface area contributed by atoms with E-state index in [2.05, 4.69) is 52.6 Å². The summed E-state index contributed by atoms with van der Waals surface area (Å²) in [5, 5.41) is 19.7. The molecule has 0 saturated carbocycles. The maximum absolute atomic E-state index is 11.8. The summed E-state index contributed by atoms with van der Waals surface area (Å²) in [6, 6.07) is 12.8. The SMILES string of the molecule is CNCCNCc1cccc2c1C1(O)CCc3c(c4cc(OC)ccc4n3C)C21. The third-order valence-electron chi connectivity index (χ3n) is 6.87. The molecule has 2 unspecified atom stereocenters. The van der Waals surface area contributed by atoms with Crippen LogP contribution in [0.25, 0.3) is 10.9 Å². The third-order valence-corrected chi connectivity index (χ3v) is 6.87. The van der Waals surface area contributed by atoms with Crippen LogP contribution in [0.5, 0.6) is 5.75 Å². The Morgan fingerprint density at radius 3 is 2.90 bits per heavy atom.